The molecule has 2 heterocycles. The molecule has 180 valence electrons. The van der Waals surface area contributed by atoms with Crippen molar-refractivity contribution in [1.29, 1.82) is 0 Å². The molecular formula is C35H24N2O. The van der Waals surface area contributed by atoms with Crippen LogP contribution in [0.4, 0.5) is 17.1 Å². The highest BCUT2D eigenvalue weighted by Gasteiger charge is 2.26. The van der Waals surface area contributed by atoms with E-state index in [4.69, 9.17) is 4.74 Å². The predicted octanol–water partition coefficient (Wildman–Crippen LogP) is 9.73. The van der Waals surface area contributed by atoms with Crippen molar-refractivity contribution in [3.05, 3.63) is 127 Å². The van der Waals surface area contributed by atoms with Crippen LogP contribution in [0.15, 0.2) is 127 Å². The quantitative estimate of drug-likeness (QED) is 0.241. The fraction of sp³-hybridized carbons (Fsp3) is 0.0286. The zero-order valence-electron chi connectivity index (χ0n) is 20.9. The van der Waals surface area contributed by atoms with E-state index in [2.05, 4.69) is 126 Å². The lowest BCUT2D eigenvalue weighted by atomic mass is 9.99. The largest absolute Gasteiger partial charge is 0.453 e. The van der Waals surface area contributed by atoms with Gasteiger partial charge in [-0.1, -0.05) is 84.9 Å². The summed E-state index contributed by atoms with van der Waals surface area (Å²) in [5.74, 6) is 1.71. The molecule has 3 heteroatoms. The van der Waals surface area contributed by atoms with Crippen molar-refractivity contribution < 1.29 is 4.74 Å². The zero-order chi connectivity index (χ0) is 25.2. The van der Waals surface area contributed by atoms with E-state index < -0.39 is 0 Å². The molecular weight excluding hydrogens is 464 g/mol. The van der Waals surface area contributed by atoms with Crippen LogP contribution in [0.1, 0.15) is 0 Å². The Kier molecular flexibility index (Phi) is 4.44. The summed E-state index contributed by atoms with van der Waals surface area (Å²) in [5, 5.41) is 5.13. The lowest BCUT2D eigenvalue weighted by Gasteiger charge is -2.33. The Morgan fingerprint density at radius 1 is 0.579 bits per heavy atom. The third kappa shape index (κ3) is 2.96. The van der Waals surface area contributed by atoms with Crippen LogP contribution in [-0.4, -0.2) is 4.57 Å². The molecule has 0 radical (unpaired) electrons. The van der Waals surface area contributed by atoms with E-state index in [1.807, 2.05) is 18.2 Å². The highest BCUT2D eigenvalue weighted by Crippen LogP contribution is 2.51. The molecule has 1 aliphatic rings. The van der Waals surface area contributed by atoms with E-state index >= 15 is 0 Å². The maximum Gasteiger partial charge on any atom is 0.152 e. The van der Waals surface area contributed by atoms with Crippen molar-refractivity contribution in [3.8, 4) is 22.6 Å². The number of fused-ring (bicyclic) bond motifs is 7. The zero-order valence-corrected chi connectivity index (χ0v) is 20.9. The first-order valence-corrected chi connectivity index (χ1v) is 12.9. The number of aromatic nitrogens is 1. The van der Waals surface area contributed by atoms with Crippen molar-refractivity contribution in [2.24, 2.45) is 7.05 Å². The first kappa shape index (κ1) is 21.1. The van der Waals surface area contributed by atoms with E-state index in [-0.39, 0.29) is 0 Å². The lowest BCUT2D eigenvalue weighted by molar-refractivity contribution is 0.477. The van der Waals surface area contributed by atoms with Gasteiger partial charge in [0.25, 0.3) is 0 Å². The number of ether oxygens (including phenoxy) is 1. The Bertz CT molecular complexity index is 2020. The second-order valence-corrected chi connectivity index (χ2v) is 9.86. The van der Waals surface area contributed by atoms with Crippen molar-refractivity contribution in [2.75, 3.05) is 4.90 Å². The minimum Gasteiger partial charge on any atom is -0.453 e. The number of hydrogen-bond acceptors (Lipinski definition) is 2. The number of nitrogens with zero attached hydrogens (tertiary/aromatic N) is 2. The van der Waals surface area contributed by atoms with E-state index in [9.17, 15) is 0 Å². The monoisotopic (exact) mass is 488 g/mol. The van der Waals surface area contributed by atoms with Crippen molar-refractivity contribution >= 4 is 49.6 Å². The molecule has 0 saturated carbocycles. The average molecular weight is 489 g/mol. The van der Waals surface area contributed by atoms with Crippen LogP contribution in [0.3, 0.4) is 0 Å². The van der Waals surface area contributed by atoms with Gasteiger partial charge in [-0.15, -0.1) is 0 Å². The summed E-state index contributed by atoms with van der Waals surface area (Å²) < 4.78 is 8.83. The van der Waals surface area contributed by atoms with E-state index in [1.165, 1.54) is 38.1 Å². The molecule has 8 rings (SSSR count). The number of benzene rings is 6. The standard InChI is InChI=1S/C35H24N2O/c1-36-31-21-18-23-10-5-6-13-26(23)34(31)28-15-9-14-27(35(28)36)24-19-20-30-33(22-24)38-32-17-8-7-16-29(32)37(30)25-11-3-2-4-12-25/h2-22H,1H3. The van der Waals surface area contributed by atoms with Crippen molar-refractivity contribution in [3.63, 3.8) is 0 Å². The SMILES string of the molecule is Cn1c2ccc3ccccc3c2c2cccc(-c3ccc4c(c3)Oc3ccccc3N4c3ccccc3)c21. The fourth-order valence-electron chi connectivity index (χ4n) is 6.06. The number of para-hydroxylation sites is 4. The normalized spacial score (nSPS) is 12.5. The van der Waals surface area contributed by atoms with Crippen LogP contribution < -0.4 is 9.64 Å². The van der Waals surface area contributed by atoms with Crippen LogP contribution in [0.5, 0.6) is 11.5 Å². The summed E-state index contributed by atoms with van der Waals surface area (Å²) in [6.07, 6.45) is 0. The Balaban J connectivity index is 1.36. The summed E-state index contributed by atoms with van der Waals surface area (Å²) in [6, 6.07) is 45.0. The Hall–Kier alpha value is -5.02. The van der Waals surface area contributed by atoms with Gasteiger partial charge in [-0.2, -0.15) is 0 Å². The van der Waals surface area contributed by atoms with E-state index in [0.29, 0.717) is 0 Å². The lowest BCUT2D eigenvalue weighted by Crippen LogP contribution is -2.15. The minimum atomic E-state index is 0.853. The first-order chi connectivity index (χ1) is 18.8. The molecule has 0 atom stereocenters. The molecule has 0 bridgehead atoms. The molecule has 1 aromatic heterocycles. The van der Waals surface area contributed by atoms with Crippen molar-refractivity contribution in [1.82, 2.24) is 4.57 Å². The molecule has 0 aliphatic carbocycles. The number of rotatable bonds is 2. The van der Waals surface area contributed by atoms with Gasteiger partial charge in [-0.05, 0) is 58.8 Å². The van der Waals surface area contributed by atoms with Crippen LogP contribution in [0, 0.1) is 0 Å². The van der Waals surface area contributed by atoms with Crippen molar-refractivity contribution in [2.45, 2.75) is 0 Å². The molecule has 1 aliphatic heterocycles. The van der Waals surface area contributed by atoms with Crippen LogP contribution in [-0.2, 0) is 7.05 Å². The molecule has 6 aromatic carbocycles. The highest BCUT2D eigenvalue weighted by atomic mass is 16.5. The Morgan fingerprint density at radius 3 is 2.26 bits per heavy atom. The third-order valence-corrected chi connectivity index (χ3v) is 7.76. The smallest absolute Gasteiger partial charge is 0.152 e. The van der Waals surface area contributed by atoms with Crippen LogP contribution in [0.2, 0.25) is 0 Å². The summed E-state index contributed by atoms with van der Waals surface area (Å²) >= 11 is 0. The highest BCUT2D eigenvalue weighted by molar-refractivity contribution is 6.22. The van der Waals surface area contributed by atoms with Gasteiger partial charge in [-0.25, -0.2) is 0 Å². The maximum atomic E-state index is 6.50. The molecule has 0 spiro atoms. The van der Waals surface area contributed by atoms with Crippen LogP contribution >= 0.6 is 0 Å². The third-order valence-electron chi connectivity index (χ3n) is 7.76. The molecule has 7 aromatic rings. The number of aryl methyl sites for hydroxylation is 1. The van der Waals surface area contributed by atoms with Gasteiger partial charge in [-0.3, -0.25) is 0 Å². The summed E-state index contributed by atoms with van der Waals surface area (Å²) in [6.45, 7) is 0. The van der Waals surface area contributed by atoms with E-state index in [1.54, 1.807) is 0 Å². The van der Waals surface area contributed by atoms with Gasteiger partial charge >= 0.3 is 0 Å². The van der Waals surface area contributed by atoms with E-state index in [0.717, 1.165) is 34.1 Å². The maximum absolute atomic E-state index is 6.50. The van der Waals surface area contributed by atoms with Gasteiger partial charge in [0.2, 0.25) is 0 Å². The molecule has 0 amide bonds. The Labute approximate surface area is 220 Å². The molecule has 0 unspecified atom stereocenters. The first-order valence-electron chi connectivity index (χ1n) is 12.9. The molecule has 0 N–H and O–H groups in total. The molecule has 3 nitrogen and oxygen atoms in total. The Morgan fingerprint density at radius 2 is 1.34 bits per heavy atom. The number of anilines is 3. The second kappa shape index (κ2) is 7.99. The summed E-state index contributed by atoms with van der Waals surface area (Å²) in [4.78, 5) is 2.28. The van der Waals surface area contributed by atoms with Gasteiger partial charge in [0.15, 0.2) is 11.5 Å². The second-order valence-electron chi connectivity index (χ2n) is 9.86. The molecule has 0 saturated heterocycles. The van der Waals surface area contributed by atoms with Gasteiger partial charge in [0, 0.05) is 34.6 Å². The fourth-order valence-corrected chi connectivity index (χ4v) is 6.06. The number of hydrogen-bond donors (Lipinski definition) is 0. The molecule has 0 fully saturated rings. The van der Waals surface area contributed by atoms with Gasteiger partial charge in [0.05, 0.1) is 16.9 Å². The summed E-state index contributed by atoms with van der Waals surface area (Å²) in [7, 11) is 2.17. The molecule has 38 heavy (non-hydrogen) atoms. The minimum absolute atomic E-state index is 0.853. The van der Waals surface area contributed by atoms with Crippen LogP contribution in [0.25, 0.3) is 43.7 Å². The summed E-state index contributed by atoms with van der Waals surface area (Å²) in [5.41, 5.74) is 7.99. The average Bonchev–Trinajstić information content (AvgIpc) is 3.28. The van der Waals surface area contributed by atoms with Gasteiger partial charge in [0.1, 0.15) is 0 Å². The predicted molar refractivity (Wildman–Crippen MR) is 158 cm³/mol. The van der Waals surface area contributed by atoms with Gasteiger partial charge < -0.3 is 14.2 Å². The topological polar surface area (TPSA) is 17.4 Å².